The average Bonchev–Trinajstić information content (AvgIpc) is 2.38. The van der Waals surface area contributed by atoms with Gasteiger partial charge in [-0.1, -0.05) is 52.3 Å². The highest BCUT2D eigenvalue weighted by molar-refractivity contribution is 9.08. The maximum atomic E-state index is 9.75. The summed E-state index contributed by atoms with van der Waals surface area (Å²) in [5.74, 6) is 0.691. The molecule has 2 aromatic rings. The predicted molar refractivity (Wildman–Crippen MR) is 71.5 cm³/mol. The van der Waals surface area contributed by atoms with Crippen molar-refractivity contribution >= 4 is 15.9 Å². The van der Waals surface area contributed by atoms with Gasteiger partial charge >= 0.3 is 0 Å². The molecule has 17 heavy (non-hydrogen) atoms. The first kappa shape index (κ1) is 12.0. The third-order valence-electron chi connectivity index (χ3n) is 2.41. The number of aromatic hydroxyl groups is 1. The van der Waals surface area contributed by atoms with Crippen LogP contribution in [-0.2, 0) is 11.9 Å². The highest BCUT2D eigenvalue weighted by Gasteiger charge is 2.03. The molecule has 0 aromatic heterocycles. The summed E-state index contributed by atoms with van der Waals surface area (Å²) in [5.41, 5.74) is 2.10. The Hall–Kier alpha value is -1.48. The van der Waals surface area contributed by atoms with Crippen LogP contribution < -0.4 is 4.74 Å². The molecule has 0 aliphatic rings. The Morgan fingerprint density at radius 1 is 1.00 bits per heavy atom. The fraction of sp³-hybridized carbons (Fsp3) is 0.143. The number of ether oxygens (including phenoxy) is 1. The molecule has 0 amide bonds. The monoisotopic (exact) mass is 292 g/mol. The first-order valence-corrected chi connectivity index (χ1v) is 6.46. The van der Waals surface area contributed by atoms with Gasteiger partial charge in [0.15, 0.2) is 11.5 Å². The smallest absolute Gasteiger partial charge is 0.161 e. The zero-order valence-electron chi connectivity index (χ0n) is 9.27. The van der Waals surface area contributed by atoms with Gasteiger partial charge in [-0.2, -0.15) is 0 Å². The van der Waals surface area contributed by atoms with Crippen LogP contribution in [0.3, 0.4) is 0 Å². The van der Waals surface area contributed by atoms with Crippen molar-refractivity contribution in [3.63, 3.8) is 0 Å². The van der Waals surface area contributed by atoms with Gasteiger partial charge in [-0.15, -0.1) is 0 Å². The largest absolute Gasteiger partial charge is 0.504 e. The molecule has 0 spiro atoms. The Bertz CT molecular complexity index is 483. The fourth-order valence-electron chi connectivity index (χ4n) is 1.50. The van der Waals surface area contributed by atoms with Gasteiger partial charge in [0.1, 0.15) is 6.61 Å². The van der Waals surface area contributed by atoms with Gasteiger partial charge in [0.05, 0.1) is 0 Å². The van der Waals surface area contributed by atoms with E-state index in [0.717, 1.165) is 16.5 Å². The first-order valence-electron chi connectivity index (χ1n) is 5.34. The molecular weight excluding hydrogens is 280 g/mol. The van der Waals surface area contributed by atoms with Gasteiger partial charge in [-0.3, -0.25) is 0 Å². The van der Waals surface area contributed by atoms with Crippen molar-refractivity contribution in [2.24, 2.45) is 0 Å². The molecule has 0 bridgehead atoms. The normalized spacial score (nSPS) is 10.2. The maximum Gasteiger partial charge on any atom is 0.161 e. The summed E-state index contributed by atoms with van der Waals surface area (Å²) in [5, 5.41) is 10.5. The highest BCUT2D eigenvalue weighted by Crippen LogP contribution is 2.28. The van der Waals surface area contributed by atoms with E-state index in [4.69, 9.17) is 4.74 Å². The second-order valence-corrected chi connectivity index (χ2v) is 4.27. The average molecular weight is 293 g/mol. The molecule has 1 N–H and O–H groups in total. The van der Waals surface area contributed by atoms with Crippen molar-refractivity contribution in [1.29, 1.82) is 0 Å². The van der Waals surface area contributed by atoms with Crippen LogP contribution in [0.4, 0.5) is 0 Å². The number of rotatable bonds is 4. The van der Waals surface area contributed by atoms with Crippen LogP contribution in [0.15, 0.2) is 48.5 Å². The quantitative estimate of drug-likeness (QED) is 0.867. The molecule has 2 aromatic carbocycles. The summed E-state index contributed by atoms with van der Waals surface area (Å²) in [7, 11) is 0. The topological polar surface area (TPSA) is 29.5 Å². The van der Waals surface area contributed by atoms with E-state index in [1.165, 1.54) is 0 Å². The van der Waals surface area contributed by atoms with E-state index in [0.29, 0.717) is 12.4 Å². The lowest BCUT2D eigenvalue weighted by Gasteiger charge is -2.08. The molecule has 0 aliphatic heterocycles. The van der Waals surface area contributed by atoms with Gasteiger partial charge in [0.25, 0.3) is 0 Å². The predicted octanol–water partition coefficient (Wildman–Crippen LogP) is 3.87. The Morgan fingerprint density at radius 2 is 1.76 bits per heavy atom. The van der Waals surface area contributed by atoms with E-state index in [1.807, 2.05) is 36.4 Å². The standard InChI is InChI=1S/C14H13BrO2/c15-9-12-6-7-14(13(16)8-12)17-10-11-4-2-1-3-5-11/h1-8,16H,9-10H2. The minimum absolute atomic E-state index is 0.179. The van der Waals surface area contributed by atoms with Crippen molar-refractivity contribution in [2.75, 3.05) is 0 Å². The van der Waals surface area contributed by atoms with Gasteiger partial charge in [0.2, 0.25) is 0 Å². The summed E-state index contributed by atoms with van der Waals surface area (Å²) in [6.45, 7) is 0.460. The minimum atomic E-state index is 0.179. The Balaban J connectivity index is 2.04. The minimum Gasteiger partial charge on any atom is -0.504 e. The lowest BCUT2D eigenvalue weighted by Crippen LogP contribution is -1.95. The zero-order valence-corrected chi connectivity index (χ0v) is 10.9. The second-order valence-electron chi connectivity index (χ2n) is 3.71. The molecule has 0 fully saturated rings. The third kappa shape index (κ3) is 3.24. The van der Waals surface area contributed by atoms with E-state index >= 15 is 0 Å². The van der Waals surface area contributed by atoms with Crippen LogP contribution in [0.2, 0.25) is 0 Å². The lowest BCUT2D eigenvalue weighted by atomic mass is 10.2. The fourth-order valence-corrected chi connectivity index (χ4v) is 1.85. The van der Waals surface area contributed by atoms with Gasteiger partial charge < -0.3 is 9.84 Å². The van der Waals surface area contributed by atoms with Crippen molar-refractivity contribution in [3.05, 3.63) is 59.7 Å². The summed E-state index contributed by atoms with van der Waals surface area (Å²) in [6, 6.07) is 15.3. The molecule has 0 unspecified atom stereocenters. The lowest BCUT2D eigenvalue weighted by molar-refractivity contribution is 0.289. The number of benzene rings is 2. The molecule has 2 nitrogen and oxygen atoms in total. The number of phenolic OH excluding ortho intramolecular Hbond substituents is 1. The van der Waals surface area contributed by atoms with Crippen molar-refractivity contribution in [2.45, 2.75) is 11.9 Å². The van der Waals surface area contributed by atoms with Crippen LogP contribution in [0, 0.1) is 0 Å². The molecule has 0 aliphatic carbocycles. The summed E-state index contributed by atoms with van der Waals surface area (Å²) < 4.78 is 5.56. The number of hydrogen-bond acceptors (Lipinski definition) is 2. The first-order chi connectivity index (χ1) is 8.29. The zero-order chi connectivity index (χ0) is 12.1. The van der Waals surface area contributed by atoms with Crippen molar-refractivity contribution < 1.29 is 9.84 Å². The van der Waals surface area contributed by atoms with Crippen LogP contribution in [0.5, 0.6) is 11.5 Å². The highest BCUT2D eigenvalue weighted by atomic mass is 79.9. The van der Waals surface area contributed by atoms with Crippen LogP contribution in [-0.4, -0.2) is 5.11 Å². The maximum absolute atomic E-state index is 9.75. The molecule has 0 atom stereocenters. The number of alkyl halides is 1. The van der Waals surface area contributed by atoms with E-state index in [2.05, 4.69) is 15.9 Å². The van der Waals surface area contributed by atoms with Gasteiger partial charge in [-0.05, 0) is 23.3 Å². The second kappa shape index (κ2) is 5.73. The van der Waals surface area contributed by atoms with Crippen molar-refractivity contribution in [3.8, 4) is 11.5 Å². The molecule has 2 rings (SSSR count). The van der Waals surface area contributed by atoms with Crippen LogP contribution >= 0.6 is 15.9 Å². The molecule has 88 valence electrons. The number of halogens is 1. The van der Waals surface area contributed by atoms with E-state index < -0.39 is 0 Å². The molecule has 0 radical (unpaired) electrons. The summed E-state index contributed by atoms with van der Waals surface area (Å²) in [4.78, 5) is 0. The van der Waals surface area contributed by atoms with Gasteiger partial charge in [-0.25, -0.2) is 0 Å². The molecular formula is C14H13BrO2. The molecule has 0 heterocycles. The number of phenols is 1. The summed E-state index contributed by atoms with van der Waals surface area (Å²) >= 11 is 3.34. The third-order valence-corrected chi connectivity index (χ3v) is 3.06. The van der Waals surface area contributed by atoms with Crippen LogP contribution in [0.1, 0.15) is 11.1 Å². The van der Waals surface area contributed by atoms with Crippen LogP contribution in [0.25, 0.3) is 0 Å². The SMILES string of the molecule is Oc1cc(CBr)ccc1OCc1ccccc1. The van der Waals surface area contributed by atoms with E-state index in [9.17, 15) is 5.11 Å². The Kier molecular flexibility index (Phi) is 4.04. The van der Waals surface area contributed by atoms with Gasteiger partial charge in [0, 0.05) is 5.33 Å². The summed E-state index contributed by atoms with van der Waals surface area (Å²) in [6.07, 6.45) is 0. The number of hydrogen-bond donors (Lipinski definition) is 1. The van der Waals surface area contributed by atoms with E-state index in [-0.39, 0.29) is 5.75 Å². The molecule has 3 heteroatoms. The van der Waals surface area contributed by atoms with Crippen molar-refractivity contribution in [1.82, 2.24) is 0 Å². The van der Waals surface area contributed by atoms with E-state index in [1.54, 1.807) is 12.1 Å². The Labute approximate surface area is 109 Å². The Morgan fingerprint density at radius 3 is 2.41 bits per heavy atom. The molecule has 0 saturated carbocycles. The molecule has 0 saturated heterocycles.